The van der Waals surface area contributed by atoms with Gasteiger partial charge >= 0.3 is 0 Å². The first-order chi connectivity index (χ1) is 9.56. The summed E-state index contributed by atoms with van der Waals surface area (Å²) in [4.78, 5) is 20.8. The van der Waals surface area contributed by atoms with Gasteiger partial charge in [-0.1, -0.05) is 25.1 Å². The Morgan fingerprint density at radius 3 is 2.75 bits per heavy atom. The molecule has 0 radical (unpaired) electrons. The number of hydrogen-bond donors (Lipinski definition) is 0. The lowest BCUT2D eigenvalue weighted by atomic mass is 10.0. The number of nitrogens with zero attached hydrogens (tertiary/aromatic N) is 3. The van der Waals surface area contributed by atoms with Crippen LogP contribution in [0, 0.1) is 6.92 Å². The van der Waals surface area contributed by atoms with Crippen LogP contribution in [0.3, 0.4) is 0 Å². The average Bonchev–Trinajstić information content (AvgIpc) is 2.45. The van der Waals surface area contributed by atoms with Gasteiger partial charge in [0.25, 0.3) is 5.56 Å². The van der Waals surface area contributed by atoms with Crippen LogP contribution in [0.15, 0.2) is 28.4 Å². The fourth-order valence-corrected chi connectivity index (χ4v) is 2.54. The van der Waals surface area contributed by atoms with Crippen molar-refractivity contribution in [3.05, 3.63) is 39.9 Å². The van der Waals surface area contributed by atoms with Crippen LogP contribution in [0.4, 0.5) is 0 Å². The van der Waals surface area contributed by atoms with Crippen molar-refractivity contribution in [3.8, 4) is 11.3 Å². The van der Waals surface area contributed by atoms with E-state index in [0.29, 0.717) is 0 Å². The van der Waals surface area contributed by atoms with E-state index in [1.807, 2.05) is 31.6 Å². The molecule has 2 heterocycles. The fourth-order valence-electron chi connectivity index (χ4n) is 2.20. The third kappa shape index (κ3) is 2.93. The van der Waals surface area contributed by atoms with Gasteiger partial charge in [0, 0.05) is 30.6 Å². The smallest absolute Gasteiger partial charge is 0.253 e. The van der Waals surface area contributed by atoms with E-state index in [1.165, 1.54) is 11.8 Å². The summed E-state index contributed by atoms with van der Waals surface area (Å²) < 4.78 is 1.61. The average molecular weight is 289 g/mol. The molecule has 0 atom stereocenters. The van der Waals surface area contributed by atoms with E-state index in [-0.39, 0.29) is 5.56 Å². The maximum absolute atomic E-state index is 11.8. The molecule has 0 saturated carbocycles. The van der Waals surface area contributed by atoms with Gasteiger partial charge in [-0.25, -0.2) is 9.97 Å². The van der Waals surface area contributed by atoms with Gasteiger partial charge in [-0.05, 0) is 31.2 Å². The lowest BCUT2D eigenvalue weighted by molar-refractivity contribution is 0.841. The molecule has 0 aromatic carbocycles. The fraction of sp³-hybridized carbons (Fsp3) is 0.400. The second-order valence-electron chi connectivity index (χ2n) is 4.81. The molecule has 2 aromatic rings. The summed E-state index contributed by atoms with van der Waals surface area (Å²) >= 11 is 1.53. The first-order valence-electron chi connectivity index (χ1n) is 6.64. The van der Waals surface area contributed by atoms with Gasteiger partial charge in [0.1, 0.15) is 0 Å². The van der Waals surface area contributed by atoms with Gasteiger partial charge in [0.05, 0.1) is 5.69 Å². The van der Waals surface area contributed by atoms with Gasteiger partial charge in [0.15, 0.2) is 5.16 Å². The molecule has 0 amide bonds. The second-order valence-corrected chi connectivity index (χ2v) is 5.58. The minimum absolute atomic E-state index is 0.0323. The molecule has 0 unspecified atom stereocenters. The molecule has 0 fully saturated rings. The number of hydrogen-bond acceptors (Lipinski definition) is 4. The van der Waals surface area contributed by atoms with Gasteiger partial charge in [0.2, 0.25) is 0 Å². The second kappa shape index (κ2) is 6.22. The van der Waals surface area contributed by atoms with Crippen molar-refractivity contribution in [2.75, 3.05) is 6.26 Å². The molecule has 0 aliphatic heterocycles. The Bertz CT molecular complexity index is 653. The summed E-state index contributed by atoms with van der Waals surface area (Å²) in [6.07, 6.45) is 7.69. The van der Waals surface area contributed by atoms with Crippen molar-refractivity contribution >= 4 is 11.8 Å². The molecule has 5 heteroatoms. The quantitative estimate of drug-likeness (QED) is 0.641. The lowest BCUT2D eigenvalue weighted by Gasteiger charge is -2.11. The Kier molecular flexibility index (Phi) is 4.60. The zero-order valence-electron chi connectivity index (χ0n) is 12.3. The molecular formula is C15H19N3OS. The van der Waals surface area contributed by atoms with E-state index >= 15 is 0 Å². The highest BCUT2D eigenvalue weighted by Gasteiger charge is 2.11. The Labute approximate surface area is 123 Å². The SMILES string of the molecule is CCCc1cnc(SC)nc1-c1cc(C)c(=O)n(C)c1. The molecule has 2 aromatic heterocycles. The van der Waals surface area contributed by atoms with E-state index in [0.717, 1.165) is 40.4 Å². The summed E-state index contributed by atoms with van der Waals surface area (Å²) in [6, 6.07) is 1.91. The van der Waals surface area contributed by atoms with Crippen LogP contribution in [0.5, 0.6) is 0 Å². The largest absolute Gasteiger partial charge is 0.318 e. The van der Waals surface area contributed by atoms with Gasteiger partial charge in [-0.3, -0.25) is 4.79 Å². The number of thioether (sulfide) groups is 1. The van der Waals surface area contributed by atoms with Crippen molar-refractivity contribution < 1.29 is 0 Å². The molecule has 2 rings (SSSR count). The van der Waals surface area contributed by atoms with E-state index in [9.17, 15) is 4.79 Å². The van der Waals surface area contributed by atoms with Crippen LogP contribution in [-0.2, 0) is 13.5 Å². The van der Waals surface area contributed by atoms with Crippen LogP contribution in [-0.4, -0.2) is 20.8 Å². The molecule has 20 heavy (non-hydrogen) atoms. The Balaban J connectivity index is 2.63. The highest BCUT2D eigenvalue weighted by atomic mass is 32.2. The highest BCUT2D eigenvalue weighted by molar-refractivity contribution is 7.98. The van der Waals surface area contributed by atoms with Crippen LogP contribution < -0.4 is 5.56 Å². The van der Waals surface area contributed by atoms with E-state index in [4.69, 9.17) is 0 Å². The van der Waals surface area contributed by atoms with Gasteiger partial charge in [-0.15, -0.1) is 0 Å². The minimum atomic E-state index is 0.0323. The predicted molar refractivity (Wildman–Crippen MR) is 83.2 cm³/mol. The lowest BCUT2D eigenvalue weighted by Crippen LogP contribution is -2.18. The van der Waals surface area contributed by atoms with E-state index in [1.54, 1.807) is 11.6 Å². The first-order valence-corrected chi connectivity index (χ1v) is 7.86. The Morgan fingerprint density at radius 1 is 1.40 bits per heavy atom. The number of pyridine rings is 1. The topological polar surface area (TPSA) is 47.8 Å². The van der Waals surface area contributed by atoms with E-state index < -0.39 is 0 Å². The van der Waals surface area contributed by atoms with Crippen LogP contribution in [0.2, 0.25) is 0 Å². The molecule has 0 spiro atoms. The maximum atomic E-state index is 11.8. The van der Waals surface area contributed by atoms with Crippen LogP contribution in [0.1, 0.15) is 24.5 Å². The zero-order chi connectivity index (χ0) is 14.7. The Hall–Kier alpha value is -1.62. The van der Waals surface area contributed by atoms with Crippen molar-refractivity contribution in [1.29, 1.82) is 0 Å². The van der Waals surface area contributed by atoms with Crippen molar-refractivity contribution in [2.45, 2.75) is 31.8 Å². The van der Waals surface area contributed by atoms with Crippen LogP contribution in [0.25, 0.3) is 11.3 Å². The summed E-state index contributed by atoms with van der Waals surface area (Å²) in [5.74, 6) is 0. The van der Waals surface area contributed by atoms with Gasteiger partial charge in [-0.2, -0.15) is 0 Å². The van der Waals surface area contributed by atoms with Crippen molar-refractivity contribution in [3.63, 3.8) is 0 Å². The number of rotatable bonds is 4. The summed E-state index contributed by atoms with van der Waals surface area (Å²) in [6.45, 7) is 3.97. The predicted octanol–water partition coefficient (Wildman–Crippen LogP) is 2.83. The third-order valence-electron chi connectivity index (χ3n) is 3.18. The zero-order valence-corrected chi connectivity index (χ0v) is 13.1. The summed E-state index contributed by atoms with van der Waals surface area (Å²) in [5, 5.41) is 0.756. The normalized spacial score (nSPS) is 10.8. The van der Waals surface area contributed by atoms with Crippen molar-refractivity contribution in [2.24, 2.45) is 7.05 Å². The molecule has 0 N–H and O–H groups in total. The van der Waals surface area contributed by atoms with Crippen LogP contribution >= 0.6 is 11.8 Å². The standard InChI is InChI=1S/C15H19N3OS/c1-5-6-11-8-16-15(20-4)17-13(11)12-7-10(2)14(19)18(3)9-12/h7-9H,5-6H2,1-4H3. The Morgan fingerprint density at radius 2 is 2.15 bits per heavy atom. The van der Waals surface area contributed by atoms with Crippen molar-refractivity contribution in [1.82, 2.24) is 14.5 Å². The number of aryl methyl sites for hydroxylation is 3. The molecule has 0 aliphatic carbocycles. The molecule has 4 nitrogen and oxygen atoms in total. The molecule has 0 bridgehead atoms. The molecule has 0 aliphatic rings. The maximum Gasteiger partial charge on any atom is 0.253 e. The third-order valence-corrected chi connectivity index (χ3v) is 3.74. The molecule has 106 valence electrons. The first kappa shape index (κ1) is 14.8. The number of aromatic nitrogens is 3. The van der Waals surface area contributed by atoms with E-state index in [2.05, 4.69) is 16.9 Å². The highest BCUT2D eigenvalue weighted by Crippen LogP contribution is 2.24. The summed E-state index contributed by atoms with van der Waals surface area (Å²) in [5.41, 5.74) is 3.81. The molecular weight excluding hydrogens is 270 g/mol. The minimum Gasteiger partial charge on any atom is -0.318 e. The van der Waals surface area contributed by atoms with Gasteiger partial charge < -0.3 is 4.57 Å². The molecule has 0 saturated heterocycles. The summed E-state index contributed by atoms with van der Waals surface area (Å²) in [7, 11) is 1.77. The monoisotopic (exact) mass is 289 g/mol.